The van der Waals surface area contributed by atoms with Crippen LogP contribution in [0.25, 0.3) is 10.8 Å². The van der Waals surface area contributed by atoms with E-state index < -0.39 is 17.8 Å². The summed E-state index contributed by atoms with van der Waals surface area (Å²) in [6.07, 6.45) is 1.36. The van der Waals surface area contributed by atoms with Gasteiger partial charge in [0.1, 0.15) is 16.8 Å². The lowest BCUT2D eigenvalue weighted by molar-refractivity contribution is -0.138. The van der Waals surface area contributed by atoms with E-state index in [2.05, 4.69) is 15.6 Å². The van der Waals surface area contributed by atoms with Gasteiger partial charge in [-0.1, -0.05) is 24.3 Å². The molecule has 0 saturated carbocycles. The molecule has 0 radical (unpaired) electrons. The minimum absolute atomic E-state index is 0.0659. The van der Waals surface area contributed by atoms with E-state index in [1.807, 2.05) is 24.3 Å². The fraction of sp³-hybridized carbons (Fsp3) is 0.190. The van der Waals surface area contributed by atoms with Crippen molar-refractivity contribution in [2.24, 2.45) is 5.73 Å². The number of nitrogens with two attached hydrogens (primary N) is 1. The summed E-state index contributed by atoms with van der Waals surface area (Å²) >= 11 is 1.21. The van der Waals surface area contributed by atoms with Crippen molar-refractivity contribution in [1.82, 2.24) is 10.3 Å². The number of carbonyl (C=O) groups excluding carboxylic acids is 2. The zero-order valence-corrected chi connectivity index (χ0v) is 17.2. The monoisotopic (exact) mass is 439 g/mol. The molecule has 0 spiro atoms. The zero-order valence-electron chi connectivity index (χ0n) is 16.4. The third-order valence-electron chi connectivity index (χ3n) is 4.62. The van der Waals surface area contributed by atoms with Crippen molar-refractivity contribution in [1.29, 1.82) is 5.41 Å². The van der Waals surface area contributed by atoms with Gasteiger partial charge in [-0.2, -0.15) is 0 Å². The molecular weight excluding hydrogens is 418 g/mol. The molecule has 2 aromatic carbocycles. The van der Waals surface area contributed by atoms with Crippen LogP contribution in [0, 0.1) is 5.41 Å². The number of anilines is 1. The summed E-state index contributed by atoms with van der Waals surface area (Å²) in [7, 11) is 0. The largest absolute Gasteiger partial charge is 0.481 e. The Morgan fingerprint density at radius 2 is 1.81 bits per heavy atom. The van der Waals surface area contributed by atoms with Crippen LogP contribution < -0.4 is 16.4 Å². The zero-order chi connectivity index (χ0) is 22.4. The molecule has 10 heteroatoms. The van der Waals surface area contributed by atoms with Crippen molar-refractivity contribution >= 4 is 51.4 Å². The molecule has 0 aliphatic heterocycles. The van der Waals surface area contributed by atoms with Crippen LogP contribution in [-0.2, 0) is 14.4 Å². The van der Waals surface area contributed by atoms with Gasteiger partial charge in [0.2, 0.25) is 11.8 Å². The Labute approximate surface area is 181 Å². The van der Waals surface area contributed by atoms with Crippen molar-refractivity contribution in [3.63, 3.8) is 0 Å². The average molecular weight is 439 g/mol. The van der Waals surface area contributed by atoms with Crippen LogP contribution in [-0.4, -0.2) is 40.3 Å². The first-order chi connectivity index (χ1) is 14.9. The molecule has 0 aliphatic rings. The lowest BCUT2D eigenvalue weighted by Gasteiger charge is -2.12. The Morgan fingerprint density at radius 1 is 1.10 bits per heavy atom. The molecule has 0 saturated heterocycles. The number of carboxylic acid groups (broad SMARTS) is 1. The van der Waals surface area contributed by atoms with Crippen LogP contribution in [0.15, 0.2) is 48.0 Å². The molecule has 1 atom stereocenters. The van der Waals surface area contributed by atoms with Gasteiger partial charge in [-0.15, -0.1) is 11.3 Å². The first kappa shape index (κ1) is 21.9. The number of hydrogen-bond acceptors (Lipinski definition) is 6. The molecule has 1 unspecified atom stereocenters. The quantitative estimate of drug-likeness (QED) is 0.254. The van der Waals surface area contributed by atoms with E-state index in [1.54, 1.807) is 17.5 Å². The second kappa shape index (κ2) is 9.81. The molecule has 2 amide bonds. The number of aliphatic carboxylic acids is 1. The van der Waals surface area contributed by atoms with Gasteiger partial charge in [0.05, 0.1) is 0 Å². The number of hydrogen-bond donors (Lipinski definition) is 5. The minimum atomic E-state index is -1.08. The number of thiazole rings is 1. The molecule has 0 bridgehead atoms. The van der Waals surface area contributed by atoms with E-state index in [0.29, 0.717) is 16.3 Å². The summed E-state index contributed by atoms with van der Waals surface area (Å²) in [6, 6.07) is 10.6. The first-order valence-electron chi connectivity index (χ1n) is 9.41. The van der Waals surface area contributed by atoms with Gasteiger partial charge in [-0.3, -0.25) is 19.8 Å². The number of aromatic nitrogens is 1. The number of rotatable bonds is 9. The highest BCUT2D eigenvalue weighted by molar-refractivity contribution is 7.09. The summed E-state index contributed by atoms with van der Waals surface area (Å²) in [5, 5.41) is 25.9. The number of amides is 2. The topological polar surface area (TPSA) is 158 Å². The van der Waals surface area contributed by atoms with E-state index in [-0.39, 0.29) is 31.1 Å². The van der Waals surface area contributed by atoms with Crippen molar-refractivity contribution in [2.75, 3.05) is 11.9 Å². The van der Waals surface area contributed by atoms with Crippen LogP contribution in [0.1, 0.15) is 29.3 Å². The molecule has 1 heterocycles. The Bertz CT molecular complexity index is 1130. The smallest absolute Gasteiger partial charge is 0.315 e. The molecule has 0 aliphatic carbocycles. The van der Waals surface area contributed by atoms with Crippen molar-refractivity contribution in [2.45, 2.75) is 18.8 Å². The van der Waals surface area contributed by atoms with Crippen LogP contribution in [0.4, 0.5) is 5.69 Å². The standard InChI is InChI=1S/C21H21N5O4S/c22-19(23)14-5-6-16(13-4-2-1-3-12(13)14)26-18(28)8-7-17(27)25-11-15(21(29)30)20-24-9-10-31-20/h1-6,9-10,15H,7-8,11H2,(H3,22,23)(H,25,27)(H,26,28)(H,29,30). The number of amidine groups is 1. The number of benzene rings is 2. The molecule has 3 aromatic rings. The number of nitrogens with one attached hydrogen (secondary N) is 3. The number of fused-ring (bicyclic) bond motifs is 1. The molecule has 160 valence electrons. The van der Waals surface area contributed by atoms with Gasteiger partial charge in [0, 0.05) is 47.6 Å². The molecule has 31 heavy (non-hydrogen) atoms. The maximum absolute atomic E-state index is 12.4. The maximum Gasteiger partial charge on any atom is 0.315 e. The lowest BCUT2D eigenvalue weighted by atomic mass is 10.0. The summed E-state index contributed by atoms with van der Waals surface area (Å²) in [6.45, 7) is -0.0968. The van der Waals surface area contributed by atoms with E-state index in [1.165, 1.54) is 17.5 Å². The summed E-state index contributed by atoms with van der Waals surface area (Å²) < 4.78 is 0. The van der Waals surface area contributed by atoms with Gasteiger partial charge in [-0.05, 0) is 17.5 Å². The predicted molar refractivity (Wildman–Crippen MR) is 118 cm³/mol. The van der Waals surface area contributed by atoms with Crippen LogP contribution in [0.2, 0.25) is 0 Å². The fourth-order valence-electron chi connectivity index (χ4n) is 3.07. The predicted octanol–water partition coefficient (Wildman–Crippen LogP) is 2.28. The Hall–Kier alpha value is -3.79. The van der Waals surface area contributed by atoms with Crippen LogP contribution in [0.3, 0.4) is 0 Å². The molecule has 0 fully saturated rings. The Kier molecular flexibility index (Phi) is 6.93. The third kappa shape index (κ3) is 5.43. The number of nitrogens with zero attached hydrogens (tertiary/aromatic N) is 1. The van der Waals surface area contributed by atoms with Gasteiger partial charge in [-0.25, -0.2) is 4.98 Å². The van der Waals surface area contributed by atoms with Crippen LogP contribution in [0.5, 0.6) is 0 Å². The SMILES string of the molecule is N=C(N)c1ccc(NC(=O)CCC(=O)NCC(C(=O)O)c2nccs2)c2ccccc12. The minimum Gasteiger partial charge on any atom is -0.481 e. The second-order valence-electron chi connectivity index (χ2n) is 6.73. The molecule has 9 nitrogen and oxygen atoms in total. The Balaban J connectivity index is 1.57. The number of carboxylic acids is 1. The van der Waals surface area contributed by atoms with Gasteiger partial charge in [0.15, 0.2) is 0 Å². The van der Waals surface area contributed by atoms with Crippen molar-refractivity contribution < 1.29 is 19.5 Å². The maximum atomic E-state index is 12.4. The highest BCUT2D eigenvalue weighted by atomic mass is 32.1. The van der Waals surface area contributed by atoms with Crippen LogP contribution >= 0.6 is 11.3 Å². The molecule has 1 aromatic heterocycles. The number of carbonyl (C=O) groups is 3. The fourth-order valence-corrected chi connectivity index (χ4v) is 3.81. The molecular formula is C21H21N5O4S. The summed E-state index contributed by atoms with van der Waals surface area (Å²) in [5.74, 6) is -2.85. The lowest BCUT2D eigenvalue weighted by Crippen LogP contribution is -2.32. The summed E-state index contributed by atoms with van der Waals surface area (Å²) in [5.41, 5.74) is 6.75. The van der Waals surface area contributed by atoms with E-state index in [9.17, 15) is 19.5 Å². The highest BCUT2D eigenvalue weighted by Gasteiger charge is 2.23. The highest BCUT2D eigenvalue weighted by Crippen LogP contribution is 2.26. The first-order valence-corrected chi connectivity index (χ1v) is 10.3. The molecule has 6 N–H and O–H groups in total. The van der Waals surface area contributed by atoms with E-state index in [4.69, 9.17) is 11.1 Å². The number of nitrogen functional groups attached to an aromatic ring is 1. The van der Waals surface area contributed by atoms with Gasteiger partial charge in [0.25, 0.3) is 0 Å². The third-order valence-corrected chi connectivity index (χ3v) is 5.51. The van der Waals surface area contributed by atoms with E-state index >= 15 is 0 Å². The summed E-state index contributed by atoms with van der Waals surface area (Å²) in [4.78, 5) is 39.8. The Morgan fingerprint density at radius 3 is 2.45 bits per heavy atom. The van der Waals surface area contributed by atoms with Crippen molar-refractivity contribution in [3.8, 4) is 0 Å². The second-order valence-corrected chi connectivity index (χ2v) is 7.66. The van der Waals surface area contributed by atoms with Gasteiger partial charge < -0.3 is 21.5 Å². The normalized spacial score (nSPS) is 11.6. The van der Waals surface area contributed by atoms with Crippen molar-refractivity contribution in [3.05, 3.63) is 58.5 Å². The molecule has 3 rings (SSSR count). The van der Waals surface area contributed by atoms with Gasteiger partial charge >= 0.3 is 5.97 Å². The van der Waals surface area contributed by atoms with E-state index in [0.717, 1.165) is 10.8 Å². The average Bonchev–Trinajstić information content (AvgIpc) is 3.26.